The number of ether oxygens (including phenoxy) is 1. The molecule has 5 nitrogen and oxygen atoms in total. The van der Waals surface area contributed by atoms with Gasteiger partial charge < -0.3 is 9.15 Å². The van der Waals surface area contributed by atoms with Crippen LogP contribution in [-0.4, -0.2) is 16.9 Å². The molecule has 0 aliphatic rings. The largest absolute Gasteiger partial charge is 3.00 e. The van der Waals surface area contributed by atoms with Gasteiger partial charge in [-0.2, -0.15) is 22.4 Å². The van der Waals surface area contributed by atoms with Crippen LogP contribution in [-0.2, 0) is 39.3 Å². The van der Waals surface area contributed by atoms with Gasteiger partial charge in [0, 0.05) is 11.3 Å². The molecule has 0 saturated heterocycles. The van der Waals surface area contributed by atoms with E-state index in [-0.39, 0.29) is 39.3 Å². The number of methoxy groups -OCH3 is 1. The summed E-state index contributed by atoms with van der Waals surface area (Å²) in [6.45, 7) is 10.5. The van der Waals surface area contributed by atoms with Gasteiger partial charge in [-0.15, -0.1) is 11.2 Å². The molecule has 0 unspecified atom stereocenters. The topological polar surface area (TPSA) is 57.3 Å². The molecule has 0 N–H and O–H groups in total. The summed E-state index contributed by atoms with van der Waals surface area (Å²) in [5.41, 5.74) is 7.34. The molecule has 3 aromatic rings. The molecule has 0 aliphatic carbocycles. The third-order valence-corrected chi connectivity index (χ3v) is 5.00. The molecular weight excluding hydrogens is 417 g/mol. The molecule has 0 radical (unpaired) electrons. The standard InChI is InChI=1S/C21H23N2O3.Y/c1-12-7-8-19(25-6)17(9-12)11-23-21(24)26-20(22-23)18-10-13(2)14(3)15(4)16(18)5;/h8-10H,11H2,1-6H3;/q-1;+3. The van der Waals surface area contributed by atoms with E-state index < -0.39 is 5.76 Å². The maximum atomic E-state index is 12.3. The number of aryl methyl sites for hydroxylation is 2. The number of aromatic nitrogens is 2. The molecule has 0 fully saturated rings. The maximum absolute atomic E-state index is 12.3. The molecule has 27 heavy (non-hydrogen) atoms. The van der Waals surface area contributed by atoms with Crippen LogP contribution in [0.4, 0.5) is 0 Å². The predicted octanol–water partition coefficient (Wildman–Crippen LogP) is 3.90. The predicted molar refractivity (Wildman–Crippen MR) is 101 cm³/mol. The van der Waals surface area contributed by atoms with E-state index in [0.29, 0.717) is 11.6 Å². The average molecular weight is 440 g/mol. The van der Waals surface area contributed by atoms with E-state index in [1.165, 1.54) is 15.8 Å². The molecule has 0 saturated carbocycles. The van der Waals surface area contributed by atoms with Crippen LogP contribution in [0.25, 0.3) is 11.5 Å². The van der Waals surface area contributed by atoms with Crippen LogP contribution in [0.5, 0.6) is 5.75 Å². The Hall–Kier alpha value is -1.72. The Morgan fingerprint density at radius 3 is 2.48 bits per heavy atom. The SMILES string of the molecule is COc1c[c-]c(C)cc1Cn1nc(-c2cc(C)c(C)c(C)c2C)oc1=O.[Y+3]. The van der Waals surface area contributed by atoms with Gasteiger partial charge >= 0.3 is 38.5 Å². The molecule has 0 spiro atoms. The molecule has 136 valence electrons. The van der Waals surface area contributed by atoms with Gasteiger partial charge in [0.05, 0.1) is 13.7 Å². The normalized spacial score (nSPS) is 10.6. The van der Waals surface area contributed by atoms with Crippen molar-refractivity contribution < 1.29 is 41.9 Å². The van der Waals surface area contributed by atoms with Crippen LogP contribution in [0.1, 0.15) is 33.4 Å². The molecule has 0 aliphatic heterocycles. The van der Waals surface area contributed by atoms with Crippen molar-refractivity contribution in [2.24, 2.45) is 0 Å². The zero-order valence-corrected chi connectivity index (χ0v) is 19.5. The number of hydrogen-bond acceptors (Lipinski definition) is 4. The van der Waals surface area contributed by atoms with Crippen LogP contribution in [0, 0.1) is 40.7 Å². The first-order chi connectivity index (χ1) is 12.3. The Kier molecular flexibility index (Phi) is 6.82. The fourth-order valence-corrected chi connectivity index (χ4v) is 3.07. The molecule has 1 heterocycles. The zero-order chi connectivity index (χ0) is 19.0. The van der Waals surface area contributed by atoms with Gasteiger partial charge in [0.2, 0.25) is 5.89 Å². The van der Waals surface area contributed by atoms with Crippen molar-refractivity contribution in [1.82, 2.24) is 9.78 Å². The van der Waals surface area contributed by atoms with Crippen molar-refractivity contribution >= 4 is 0 Å². The molecule has 6 heteroatoms. The van der Waals surface area contributed by atoms with Gasteiger partial charge in [-0.05, 0) is 56.0 Å². The van der Waals surface area contributed by atoms with Crippen molar-refractivity contribution in [2.75, 3.05) is 7.11 Å². The molecular formula is C21H23N2O3Y+2. The minimum atomic E-state index is -0.484. The summed E-state index contributed by atoms with van der Waals surface area (Å²) in [7, 11) is 1.60. The second kappa shape index (κ2) is 8.53. The Morgan fingerprint density at radius 1 is 1.11 bits per heavy atom. The Labute approximate surface area is 184 Å². The Bertz CT molecular complexity index is 1030. The second-order valence-electron chi connectivity index (χ2n) is 6.66. The minimum Gasteiger partial charge on any atom is -0.554 e. The molecule has 3 rings (SSSR count). The van der Waals surface area contributed by atoms with E-state index in [4.69, 9.17) is 9.15 Å². The molecule has 2 aromatic carbocycles. The van der Waals surface area contributed by atoms with Gasteiger partial charge in [0.25, 0.3) is 0 Å². The van der Waals surface area contributed by atoms with Gasteiger partial charge in [-0.25, -0.2) is 4.79 Å². The fraction of sp³-hybridized carbons (Fsp3) is 0.333. The van der Waals surface area contributed by atoms with Crippen molar-refractivity contribution in [2.45, 2.75) is 41.2 Å². The van der Waals surface area contributed by atoms with Crippen molar-refractivity contribution in [3.05, 3.63) is 68.2 Å². The maximum Gasteiger partial charge on any atom is 3.00 e. The van der Waals surface area contributed by atoms with E-state index in [0.717, 1.165) is 27.8 Å². The first-order valence-electron chi connectivity index (χ1n) is 8.52. The van der Waals surface area contributed by atoms with Crippen LogP contribution in [0.15, 0.2) is 27.4 Å². The van der Waals surface area contributed by atoms with Gasteiger partial charge in [0.15, 0.2) is 0 Å². The second-order valence-corrected chi connectivity index (χ2v) is 6.66. The van der Waals surface area contributed by atoms with Crippen LogP contribution in [0.3, 0.4) is 0 Å². The van der Waals surface area contributed by atoms with E-state index in [9.17, 15) is 4.79 Å². The summed E-state index contributed by atoms with van der Waals surface area (Å²) in [4.78, 5) is 12.3. The average Bonchev–Trinajstić information content (AvgIpc) is 2.97. The third kappa shape index (κ3) is 4.25. The quantitative estimate of drug-likeness (QED) is 0.578. The van der Waals surface area contributed by atoms with Gasteiger partial charge in [0.1, 0.15) is 0 Å². The molecule has 0 bridgehead atoms. The monoisotopic (exact) mass is 440 g/mol. The summed E-state index contributed by atoms with van der Waals surface area (Å²) in [5, 5.41) is 4.42. The molecule has 1 aromatic heterocycles. The van der Waals surface area contributed by atoms with Crippen LogP contribution >= 0.6 is 0 Å². The Balaban J connectivity index is 0.00000261. The zero-order valence-electron chi connectivity index (χ0n) is 16.6. The van der Waals surface area contributed by atoms with E-state index >= 15 is 0 Å². The van der Waals surface area contributed by atoms with E-state index in [1.807, 2.05) is 26.0 Å². The fourth-order valence-electron chi connectivity index (χ4n) is 3.07. The number of nitrogens with zero attached hydrogens (tertiary/aromatic N) is 2. The van der Waals surface area contributed by atoms with E-state index in [1.54, 1.807) is 13.2 Å². The summed E-state index contributed by atoms with van der Waals surface area (Å²) >= 11 is 0. The summed E-state index contributed by atoms with van der Waals surface area (Å²) in [5.74, 6) is 0.532. The van der Waals surface area contributed by atoms with Gasteiger partial charge in [-0.3, -0.25) is 0 Å². The number of rotatable bonds is 4. The summed E-state index contributed by atoms with van der Waals surface area (Å²) in [6, 6.07) is 8.82. The molecule has 0 atom stereocenters. The number of benzene rings is 2. The van der Waals surface area contributed by atoms with Crippen molar-refractivity contribution in [1.29, 1.82) is 0 Å². The molecule has 0 amide bonds. The van der Waals surface area contributed by atoms with Crippen molar-refractivity contribution in [3.8, 4) is 17.2 Å². The number of hydrogen-bond donors (Lipinski definition) is 0. The van der Waals surface area contributed by atoms with Crippen molar-refractivity contribution in [3.63, 3.8) is 0 Å². The van der Waals surface area contributed by atoms with Gasteiger partial charge in [-0.1, -0.05) is 12.5 Å². The first kappa shape index (κ1) is 21.6. The third-order valence-electron chi connectivity index (χ3n) is 5.00. The van der Waals surface area contributed by atoms with Crippen LogP contribution in [0.2, 0.25) is 0 Å². The Morgan fingerprint density at radius 2 is 1.81 bits per heavy atom. The van der Waals surface area contributed by atoms with E-state index in [2.05, 4.69) is 31.9 Å². The minimum absolute atomic E-state index is 0. The van der Waals surface area contributed by atoms with Crippen LogP contribution < -0.4 is 10.5 Å². The summed E-state index contributed by atoms with van der Waals surface area (Å²) < 4.78 is 12.1. The smallest absolute Gasteiger partial charge is 0.554 e. The summed E-state index contributed by atoms with van der Waals surface area (Å²) in [6.07, 6.45) is 0. The first-order valence-corrected chi connectivity index (χ1v) is 8.52.